The molecule has 1 N–H and O–H groups in total. The third kappa shape index (κ3) is 3.38. The first-order valence-corrected chi connectivity index (χ1v) is 7.46. The normalized spacial score (nSPS) is 12.7. The first-order chi connectivity index (χ1) is 8.58. The van der Waals surface area contributed by atoms with E-state index in [4.69, 9.17) is 16.0 Å². The molecule has 0 aliphatic carbocycles. The predicted molar refractivity (Wildman–Crippen MR) is 80.8 cm³/mol. The van der Waals surface area contributed by atoms with Gasteiger partial charge in [-0.3, -0.25) is 0 Å². The third-order valence-corrected chi connectivity index (χ3v) is 4.70. The van der Waals surface area contributed by atoms with Gasteiger partial charge in [-0.2, -0.15) is 0 Å². The zero-order chi connectivity index (χ0) is 13.1. The Kier molecular flexibility index (Phi) is 4.90. The topological polar surface area (TPSA) is 25.2 Å². The number of nitrogens with one attached hydrogen (secondary N) is 1. The summed E-state index contributed by atoms with van der Waals surface area (Å²) in [6, 6.07) is 9.94. The number of hydrogen-bond acceptors (Lipinski definition) is 2. The fourth-order valence-corrected chi connectivity index (χ4v) is 2.63. The Morgan fingerprint density at radius 3 is 2.67 bits per heavy atom. The Balaban J connectivity index is 2.00. The molecule has 18 heavy (non-hydrogen) atoms. The Hall–Kier alpha value is -0.290. The van der Waals surface area contributed by atoms with E-state index in [0.717, 1.165) is 20.8 Å². The van der Waals surface area contributed by atoms with E-state index in [2.05, 4.69) is 44.1 Å². The maximum atomic E-state index is 6.15. The Labute approximate surface area is 128 Å². The van der Waals surface area contributed by atoms with E-state index in [1.807, 2.05) is 30.3 Å². The van der Waals surface area contributed by atoms with Crippen LogP contribution in [0.15, 0.2) is 43.9 Å². The Morgan fingerprint density at radius 2 is 2.06 bits per heavy atom. The van der Waals surface area contributed by atoms with Crippen molar-refractivity contribution in [1.29, 1.82) is 0 Å². The molecule has 1 heterocycles. The van der Waals surface area contributed by atoms with Crippen LogP contribution in [-0.2, 0) is 6.54 Å². The first kappa shape index (κ1) is 14.1. The molecule has 0 aliphatic heterocycles. The van der Waals surface area contributed by atoms with E-state index in [0.29, 0.717) is 11.2 Å². The predicted octanol–water partition coefficient (Wildman–Crippen LogP) is 5.31. The number of rotatable bonds is 4. The number of benzene rings is 1. The van der Waals surface area contributed by atoms with Crippen molar-refractivity contribution in [2.45, 2.75) is 19.5 Å². The molecule has 5 heteroatoms. The van der Waals surface area contributed by atoms with Gasteiger partial charge in [0.1, 0.15) is 5.76 Å². The van der Waals surface area contributed by atoms with Crippen molar-refractivity contribution in [1.82, 2.24) is 5.32 Å². The van der Waals surface area contributed by atoms with Gasteiger partial charge in [0.25, 0.3) is 0 Å². The lowest BCUT2D eigenvalue weighted by Gasteiger charge is -2.14. The van der Waals surface area contributed by atoms with Crippen LogP contribution in [0.3, 0.4) is 0 Å². The highest BCUT2D eigenvalue weighted by Crippen LogP contribution is 2.27. The van der Waals surface area contributed by atoms with Crippen LogP contribution < -0.4 is 5.32 Å². The zero-order valence-electron chi connectivity index (χ0n) is 9.71. The van der Waals surface area contributed by atoms with Crippen LogP contribution in [0.4, 0.5) is 0 Å². The van der Waals surface area contributed by atoms with Crippen molar-refractivity contribution in [3.63, 3.8) is 0 Å². The molecule has 96 valence electrons. The highest BCUT2D eigenvalue weighted by atomic mass is 79.9. The molecule has 1 aromatic carbocycles. The quantitative estimate of drug-likeness (QED) is 0.762. The van der Waals surface area contributed by atoms with Gasteiger partial charge < -0.3 is 9.73 Å². The van der Waals surface area contributed by atoms with E-state index in [-0.39, 0.29) is 6.04 Å². The molecule has 0 radical (unpaired) electrons. The van der Waals surface area contributed by atoms with Gasteiger partial charge in [0.15, 0.2) is 4.67 Å². The van der Waals surface area contributed by atoms with Crippen LogP contribution in [0.1, 0.15) is 24.3 Å². The molecule has 0 bridgehead atoms. The SMILES string of the molecule is C[C@H](NCc1cc(Br)c(Br)o1)c1ccccc1Cl. The van der Waals surface area contributed by atoms with Crippen LogP contribution in [0.2, 0.25) is 5.02 Å². The summed E-state index contributed by atoms with van der Waals surface area (Å²) >= 11 is 12.9. The smallest absolute Gasteiger partial charge is 0.183 e. The van der Waals surface area contributed by atoms with Gasteiger partial charge in [-0.1, -0.05) is 29.8 Å². The largest absolute Gasteiger partial charge is 0.452 e. The van der Waals surface area contributed by atoms with E-state index in [9.17, 15) is 0 Å². The second-order valence-electron chi connectivity index (χ2n) is 3.96. The lowest BCUT2D eigenvalue weighted by molar-refractivity contribution is 0.446. The standard InChI is InChI=1S/C13H12Br2ClNO/c1-8(10-4-2-3-5-12(10)16)17-7-9-6-11(14)13(15)18-9/h2-6,8,17H,7H2,1H3/t8-/m0/s1. The van der Waals surface area contributed by atoms with Crippen LogP contribution in [0.25, 0.3) is 0 Å². The van der Waals surface area contributed by atoms with Crippen LogP contribution in [0, 0.1) is 0 Å². The summed E-state index contributed by atoms with van der Waals surface area (Å²) in [6.45, 7) is 2.73. The fourth-order valence-electron chi connectivity index (χ4n) is 1.67. The molecule has 0 aliphatic rings. The molecule has 0 saturated heterocycles. The summed E-state index contributed by atoms with van der Waals surface area (Å²) < 4.78 is 7.14. The minimum Gasteiger partial charge on any atom is -0.452 e. The molecule has 0 unspecified atom stereocenters. The molecule has 2 nitrogen and oxygen atoms in total. The molecule has 2 aromatic rings. The van der Waals surface area contributed by atoms with Crippen molar-refractivity contribution in [2.24, 2.45) is 0 Å². The average molecular weight is 394 g/mol. The molecule has 0 amide bonds. The zero-order valence-corrected chi connectivity index (χ0v) is 13.6. The van der Waals surface area contributed by atoms with Crippen LogP contribution >= 0.6 is 43.5 Å². The van der Waals surface area contributed by atoms with Gasteiger partial charge in [-0.25, -0.2) is 0 Å². The molecular formula is C13H12Br2ClNO. The van der Waals surface area contributed by atoms with Crippen molar-refractivity contribution in [3.05, 3.63) is 55.8 Å². The molecule has 1 aromatic heterocycles. The number of halogens is 3. The molecule has 2 rings (SSSR count). The highest BCUT2D eigenvalue weighted by Gasteiger charge is 2.11. The minimum atomic E-state index is 0.168. The summed E-state index contributed by atoms with van der Waals surface area (Å²) in [6.07, 6.45) is 0. The van der Waals surface area contributed by atoms with Crippen molar-refractivity contribution < 1.29 is 4.42 Å². The van der Waals surface area contributed by atoms with E-state index < -0.39 is 0 Å². The van der Waals surface area contributed by atoms with Crippen LogP contribution in [0.5, 0.6) is 0 Å². The van der Waals surface area contributed by atoms with Crippen molar-refractivity contribution in [2.75, 3.05) is 0 Å². The summed E-state index contributed by atoms with van der Waals surface area (Å²) in [4.78, 5) is 0. The van der Waals surface area contributed by atoms with Gasteiger partial charge in [0, 0.05) is 11.1 Å². The second kappa shape index (κ2) is 6.24. The van der Waals surface area contributed by atoms with Gasteiger partial charge in [0.2, 0.25) is 0 Å². The van der Waals surface area contributed by atoms with Gasteiger partial charge in [-0.05, 0) is 56.5 Å². The Bertz CT molecular complexity index is 522. The summed E-state index contributed by atoms with van der Waals surface area (Å²) in [5.74, 6) is 0.868. The lowest BCUT2D eigenvalue weighted by Crippen LogP contribution is -2.18. The van der Waals surface area contributed by atoms with E-state index in [1.54, 1.807) is 0 Å². The maximum Gasteiger partial charge on any atom is 0.183 e. The van der Waals surface area contributed by atoms with Crippen molar-refractivity contribution in [3.8, 4) is 0 Å². The average Bonchev–Trinajstić information content (AvgIpc) is 2.66. The number of furan rings is 1. The fraction of sp³-hybridized carbons (Fsp3) is 0.231. The molecule has 0 saturated carbocycles. The van der Waals surface area contributed by atoms with Gasteiger partial charge in [-0.15, -0.1) is 0 Å². The Morgan fingerprint density at radius 1 is 1.33 bits per heavy atom. The molecular weight excluding hydrogens is 381 g/mol. The summed E-state index contributed by atoms with van der Waals surface area (Å²) in [5, 5.41) is 4.15. The van der Waals surface area contributed by atoms with Crippen molar-refractivity contribution >= 4 is 43.5 Å². The lowest BCUT2D eigenvalue weighted by atomic mass is 10.1. The van der Waals surface area contributed by atoms with Gasteiger partial charge >= 0.3 is 0 Å². The third-order valence-electron chi connectivity index (χ3n) is 2.65. The van der Waals surface area contributed by atoms with Gasteiger partial charge in [0.05, 0.1) is 11.0 Å². The molecule has 0 spiro atoms. The highest BCUT2D eigenvalue weighted by molar-refractivity contribution is 9.13. The summed E-state index contributed by atoms with van der Waals surface area (Å²) in [5.41, 5.74) is 1.09. The second-order valence-corrected chi connectivity index (χ2v) is 5.94. The monoisotopic (exact) mass is 391 g/mol. The van der Waals surface area contributed by atoms with Crippen LogP contribution in [-0.4, -0.2) is 0 Å². The summed E-state index contributed by atoms with van der Waals surface area (Å²) in [7, 11) is 0. The van der Waals surface area contributed by atoms with E-state index >= 15 is 0 Å². The number of hydrogen-bond donors (Lipinski definition) is 1. The molecule has 0 fully saturated rings. The maximum absolute atomic E-state index is 6.15. The molecule has 1 atom stereocenters. The first-order valence-electron chi connectivity index (χ1n) is 5.49. The minimum absolute atomic E-state index is 0.168. The van der Waals surface area contributed by atoms with E-state index in [1.165, 1.54) is 0 Å².